The van der Waals surface area contributed by atoms with E-state index in [9.17, 15) is 4.39 Å². The molecule has 0 radical (unpaired) electrons. The smallest absolute Gasteiger partial charge is 0.144 e. The van der Waals surface area contributed by atoms with E-state index in [0.29, 0.717) is 18.0 Å². The summed E-state index contributed by atoms with van der Waals surface area (Å²) in [5.41, 5.74) is 0.754. The molecule has 0 aliphatic heterocycles. The molecule has 1 rings (SSSR count). The van der Waals surface area contributed by atoms with Crippen LogP contribution in [0.15, 0.2) is 18.2 Å². The summed E-state index contributed by atoms with van der Waals surface area (Å²) in [4.78, 5) is 0. The Labute approximate surface area is 115 Å². The maximum absolute atomic E-state index is 13.9. The van der Waals surface area contributed by atoms with Gasteiger partial charge in [-0.1, -0.05) is 44.5 Å². The Morgan fingerprint density at radius 3 is 2.67 bits per heavy atom. The molecule has 0 saturated carbocycles. The third-order valence-corrected chi connectivity index (χ3v) is 3.40. The van der Waals surface area contributed by atoms with Gasteiger partial charge >= 0.3 is 0 Å². The SMILES string of the molecule is CCNC(C)CC(C)(C)Cc1cccc(Cl)c1F. The van der Waals surface area contributed by atoms with Gasteiger partial charge in [0.05, 0.1) is 5.02 Å². The summed E-state index contributed by atoms with van der Waals surface area (Å²) in [7, 11) is 0. The highest BCUT2D eigenvalue weighted by Crippen LogP contribution is 2.30. The lowest BCUT2D eigenvalue weighted by molar-refractivity contribution is 0.285. The minimum Gasteiger partial charge on any atom is -0.315 e. The largest absolute Gasteiger partial charge is 0.315 e. The van der Waals surface area contributed by atoms with Crippen LogP contribution in [-0.2, 0) is 6.42 Å². The number of hydrogen-bond acceptors (Lipinski definition) is 1. The lowest BCUT2D eigenvalue weighted by atomic mass is 9.80. The predicted octanol–water partition coefficient (Wildman–Crippen LogP) is 4.44. The molecule has 1 nitrogen and oxygen atoms in total. The fraction of sp³-hybridized carbons (Fsp3) is 0.600. The molecule has 0 fully saturated rings. The predicted molar refractivity (Wildman–Crippen MR) is 76.7 cm³/mol. The van der Waals surface area contributed by atoms with Crippen LogP contribution in [0.25, 0.3) is 0 Å². The van der Waals surface area contributed by atoms with E-state index in [1.165, 1.54) is 0 Å². The first kappa shape index (κ1) is 15.5. The van der Waals surface area contributed by atoms with Gasteiger partial charge in [-0.05, 0) is 43.4 Å². The van der Waals surface area contributed by atoms with Gasteiger partial charge in [0.25, 0.3) is 0 Å². The Bertz CT molecular complexity index is 390. The maximum Gasteiger partial charge on any atom is 0.144 e. The van der Waals surface area contributed by atoms with Crippen LogP contribution >= 0.6 is 11.6 Å². The molecule has 0 spiro atoms. The zero-order valence-electron chi connectivity index (χ0n) is 11.7. The molecule has 0 aromatic heterocycles. The van der Waals surface area contributed by atoms with Crippen molar-refractivity contribution in [3.63, 3.8) is 0 Å². The fourth-order valence-corrected chi connectivity index (χ4v) is 2.72. The summed E-state index contributed by atoms with van der Waals surface area (Å²) in [6.07, 6.45) is 1.71. The van der Waals surface area contributed by atoms with Crippen molar-refractivity contribution >= 4 is 11.6 Å². The van der Waals surface area contributed by atoms with Crippen molar-refractivity contribution < 1.29 is 4.39 Å². The van der Waals surface area contributed by atoms with Gasteiger partial charge in [0.1, 0.15) is 5.82 Å². The molecule has 0 saturated heterocycles. The van der Waals surface area contributed by atoms with Crippen LogP contribution in [0.1, 0.15) is 39.7 Å². The van der Waals surface area contributed by atoms with Crippen molar-refractivity contribution in [2.24, 2.45) is 5.41 Å². The number of hydrogen-bond donors (Lipinski definition) is 1. The van der Waals surface area contributed by atoms with Gasteiger partial charge in [0, 0.05) is 6.04 Å². The lowest BCUT2D eigenvalue weighted by Crippen LogP contribution is -2.32. The van der Waals surface area contributed by atoms with Crippen LogP contribution in [0.5, 0.6) is 0 Å². The van der Waals surface area contributed by atoms with Crippen molar-refractivity contribution in [2.75, 3.05) is 6.54 Å². The highest BCUT2D eigenvalue weighted by molar-refractivity contribution is 6.30. The number of halogens is 2. The molecule has 0 aliphatic rings. The molecule has 3 heteroatoms. The summed E-state index contributed by atoms with van der Waals surface area (Å²) in [6, 6.07) is 5.66. The first-order valence-electron chi connectivity index (χ1n) is 6.52. The fourth-order valence-electron chi connectivity index (χ4n) is 2.52. The van der Waals surface area contributed by atoms with E-state index in [4.69, 9.17) is 11.6 Å². The van der Waals surface area contributed by atoms with Gasteiger partial charge in [-0.25, -0.2) is 4.39 Å². The van der Waals surface area contributed by atoms with Gasteiger partial charge in [0.15, 0.2) is 0 Å². The molecule has 102 valence electrons. The molecule has 1 aromatic rings. The second-order valence-corrected chi connectivity index (χ2v) is 6.12. The molecule has 1 atom stereocenters. The summed E-state index contributed by atoms with van der Waals surface area (Å²) in [5.74, 6) is -0.275. The highest BCUT2D eigenvalue weighted by Gasteiger charge is 2.23. The third kappa shape index (κ3) is 4.58. The maximum atomic E-state index is 13.9. The van der Waals surface area contributed by atoms with E-state index in [1.54, 1.807) is 6.07 Å². The number of nitrogens with one attached hydrogen (secondary N) is 1. The summed E-state index contributed by atoms with van der Waals surface area (Å²) in [6.45, 7) is 9.56. The molecular weight excluding hydrogens is 249 g/mol. The Hall–Kier alpha value is -0.600. The number of benzene rings is 1. The second kappa shape index (κ2) is 6.53. The highest BCUT2D eigenvalue weighted by atomic mass is 35.5. The quantitative estimate of drug-likeness (QED) is 0.807. The summed E-state index contributed by atoms with van der Waals surface area (Å²) in [5, 5.41) is 3.60. The van der Waals surface area contributed by atoms with E-state index in [-0.39, 0.29) is 16.3 Å². The van der Waals surface area contributed by atoms with Crippen LogP contribution in [-0.4, -0.2) is 12.6 Å². The molecule has 1 N–H and O–H groups in total. The Morgan fingerprint density at radius 1 is 1.39 bits per heavy atom. The Morgan fingerprint density at radius 2 is 2.06 bits per heavy atom. The second-order valence-electron chi connectivity index (χ2n) is 5.72. The lowest BCUT2D eigenvalue weighted by Gasteiger charge is -2.29. The molecule has 0 amide bonds. The molecule has 0 heterocycles. The van der Waals surface area contributed by atoms with Crippen molar-refractivity contribution in [2.45, 2.75) is 46.6 Å². The average molecular weight is 272 g/mol. The molecule has 18 heavy (non-hydrogen) atoms. The van der Waals surface area contributed by atoms with Crippen LogP contribution in [0.2, 0.25) is 5.02 Å². The molecule has 0 aliphatic carbocycles. The summed E-state index contributed by atoms with van der Waals surface area (Å²) >= 11 is 5.81. The topological polar surface area (TPSA) is 12.0 Å². The molecule has 0 bridgehead atoms. The molecule has 1 unspecified atom stereocenters. The molecule has 1 aromatic carbocycles. The van der Waals surface area contributed by atoms with Crippen molar-refractivity contribution in [3.05, 3.63) is 34.6 Å². The minimum atomic E-state index is -0.275. The molecular formula is C15H23ClFN. The third-order valence-electron chi connectivity index (χ3n) is 3.11. The standard InChI is InChI=1S/C15H23ClFN/c1-5-18-11(2)9-15(3,4)10-12-7-6-8-13(16)14(12)17/h6-8,11,18H,5,9-10H2,1-4H3. The summed E-state index contributed by atoms with van der Waals surface area (Å²) < 4.78 is 13.9. The normalized spacial score (nSPS) is 13.7. The van der Waals surface area contributed by atoms with Crippen molar-refractivity contribution in [3.8, 4) is 0 Å². The van der Waals surface area contributed by atoms with Gasteiger partial charge in [-0.15, -0.1) is 0 Å². The Kier molecular flexibility index (Phi) is 5.61. The average Bonchev–Trinajstić information content (AvgIpc) is 2.24. The first-order chi connectivity index (χ1) is 8.35. The van der Waals surface area contributed by atoms with Crippen molar-refractivity contribution in [1.29, 1.82) is 0 Å². The minimum absolute atomic E-state index is 0.0487. The van der Waals surface area contributed by atoms with Gasteiger partial charge < -0.3 is 5.32 Å². The van der Waals surface area contributed by atoms with Gasteiger partial charge in [-0.3, -0.25) is 0 Å². The van der Waals surface area contributed by atoms with Crippen LogP contribution in [0.3, 0.4) is 0 Å². The monoisotopic (exact) mass is 271 g/mol. The van der Waals surface area contributed by atoms with Crippen LogP contribution in [0, 0.1) is 11.2 Å². The van der Waals surface area contributed by atoms with E-state index in [0.717, 1.165) is 13.0 Å². The van der Waals surface area contributed by atoms with Gasteiger partial charge in [0.2, 0.25) is 0 Å². The van der Waals surface area contributed by atoms with E-state index >= 15 is 0 Å². The zero-order chi connectivity index (χ0) is 13.8. The van der Waals surface area contributed by atoms with E-state index in [2.05, 4.69) is 33.0 Å². The van der Waals surface area contributed by atoms with Crippen LogP contribution in [0.4, 0.5) is 4.39 Å². The van der Waals surface area contributed by atoms with E-state index < -0.39 is 0 Å². The van der Waals surface area contributed by atoms with E-state index in [1.807, 2.05) is 12.1 Å². The van der Waals surface area contributed by atoms with Crippen LogP contribution < -0.4 is 5.32 Å². The zero-order valence-corrected chi connectivity index (χ0v) is 12.4. The first-order valence-corrected chi connectivity index (χ1v) is 6.90. The van der Waals surface area contributed by atoms with Gasteiger partial charge in [-0.2, -0.15) is 0 Å². The van der Waals surface area contributed by atoms with Crippen molar-refractivity contribution in [1.82, 2.24) is 5.32 Å². The number of rotatable bonds is 6. The Balaban J connectivity index is 2.72.